The first-order valence-electron chi connectivity index (χ1n) is 9.41. The molecule has 3 rings (SSSR count). The van der Waals surface area contributed by atoms with E-state index in [0.717, 1.165) is 37.1 Å². The van der Waals surface area contributed by atoms with Crippen LogP contribution >= 0.6 is 0 Å². The number of rotatable bonds is 5. The third kappa shape index (κ3) is 4.03. The van der Waals surface area contributed by atoms with Gasteiger partial charge in [-0.3, -0.25) is 14.2 Å². The average molecular weight is 357 g/mol. The predicted molar refractivity (Wildman–Crippen MR) is 99.5 cm³/mol. The molecule has 26 heavy (non-hydrogen) atoms. The number of amides is 1. The second kappa shape index (κ2) is 7.85. The van der Waals surface area contributed by atoms with Gasteiger partial charge in [-0.2, -0.15) is 5.10 Å². The highest BCUT2D eigenvalue weighted by Crippen LogP contribution is 2.17. The van der Waals surface area contributed by atoms with Gasteiger partial charge < -0.3 is 5.32 Å². The highest BCUT2D eigenvalue weighted by Gasteiger charge is 2.19. The second-order valence-electron chi connectivity index (χ2n) is 7.07. The molecule has 140 valence electrons. The van der Waals surface area contributed by atoms with Crippen LogP contribution in [0, 0.1) is 13.8 Å². The van der Waals surface area contributed by atoms with Gasteiger partial charge in [0, 0.05) is 23.5 Å². The van der Waals surface area contributed by atoms with Crippen molar-refractivity contribution in [1.29, 1.82) is 0 Å². The molecule has 0 aromatic carbocycles. The molecule has 0 spiro atoms. The first kappa shape index (κ1) is 18.4. The molecule has 0 saturated heterocycles. The average Bonchev–Trinajstić information content (AvgIpc) is 2.95. The molecule has 0 unspecified atom stereocenters. The smallest absolute Gasteiger partial charge is 0.255 e. The Morgan fingerprint density at radius 3 is 2.58 bits per heavy atom. The summed E-state index contributed by atoms with van der Waals surface area (Å²) < 4.78 is 3.06. The van der Waals surface area contributed by atoms with Crippen molar-refractivity contribution in [3.8, 4) is 5.95 Å². The van der Waals surface area contributed by atoms with Gasteiger partial charge in [0.05, 0.1) is 5.69 Å². The molecule has 7 nitrogen and oxygen atoms in total. The van der Waals surface area contributed by atoms with E-state index < -0.39 is 0 Å². The molecule has 7 heteroatoms. The quantitative estimate of drug-likeness (QED) is 0.888. The third-order valence-corrected chi connectivity index (χ3v) is 4.87. The third-order valence-electron chi connectivity index (χ3n) is 4.87. The summed E-state index contributed by atoms with van der Waals surface area (Å²) in [5.41, 5.74) is 2.20. The zero-order valence-electron chi connectivity index (χ0n) is 15.8. The fraction of sp³-hybridized carbons (Fsp3) is 0.579. The van der Waals surface area contributed by atoms with Gasteiger partial charge in [0.15, 0.2) is 0 Å². The second-order valence-corrected chi connectivity index (χ2v) is 7.07. The summed E-state index contributed by atoms with van der Waals surface area (Å²) in [6, 6.07) is 3.65. The van der Waals surface area contributed by atoms with Crippen LogP contribution in [0.2, 0.25) is 0 Å². The molecule has 0 atom stereocenters. The van der Waals surface area contributed by atoms with Gasteiger partial charge in [-0.15, -0.1) is 0 Å². The first-order chi connectivity index (χ1) is 12.5. The molecule has 1 N–H and O–H groups in total. The van der Waals surface area contributed by atoms with E-state index in [9.17, 15) is 9.59 Å². The molecule has 1 fully saturated rings. The van der Waals surface area contributed by atoms with E-state index in [0.29, 0.717) is 18.1 Å². The zero-order chi connectivity index (χ0) is 18.7. The molecule has 1 amide bonds. The fourth-order valence-corrected chi connectivity index (χ4v) is 3.53. The lowest BCUT2D eigenvalue weighted by atomic mass is 9.95. The van der Waals surface area contributed by atoms with Crippen molar-refractivity contribution in [1.82, 2.24) is 24.6 Å². The maximum Gasteiger partial charge on any atom is 0.255 e. The Hall–Kier alpha value is -2.44. The minimum absolute atomic E-state index is 0.0417. The normalized spacial score (nSPS) is 15.2. The summed E-state index contributed by atoms with van der Waals surface area (Å²) >= 11 is 0. The van der Waals surface area contributed by atoms with E-state index in [4.69, 9.17) is 0 Å². The largest absolute Gasteiger partial charge is 0.352 e. The maximum absolute atomic E-state index is 12.6. The van der Waals surface area contributed by atoms with Crippen molar-refractivity contribution in [2.45, 2.75) is 71.9 Å². The molecule has 1 saturated carbocycles. The van der Waals surface area contributed by atoms with Crippen LogP contribution in [0.1, 0.15) is 56.1 Å². The summed E-state index contributed by atoms with van der Waals surface area (Å²) in [6.07, 6.45) is 6.20. The number of nitrogens with one attached hydrogen (secondary N) is 1. The van der Waals surface area contributed by atoms with E-state index in [2.05, 4.69) is 15.4 Å². The van der Waals surface area contributed by atoms with E-state index in [1.807, 2.05) is 26.8 Å². The van der Waals surface area contributed by atoms with Crippen LogP contribution in [-0.2, 0) is 17.8 Å². The summed E-state index contributed by atoms with van der Waals surface area (Å²) in [7, 11) is 0. The van der Waals surface area contributed by atoms with Crippen molar-refractivity contribution in [3.05, 3.63) is 39.6 Å². The number of nitrogens with zero attached hydrogens (tertiary/aromatic N) is 4. The van der Waals surface area contributed by atoms with Crippen LogP contribution in [0.3, 0.4) is 0 Å². The molecular formula is C19H27N5O2. The van der Waals surface area contributed by atoms with Gasteiger partial charge in [0.2, 0.25) is 11.9 Å². The van der Waals surface area contributed by atoms with Crippen LogP contribution in [0.4, 0.5) is 0 Å². The van der Waals surface area contributed by atoms with Crippen LogP contribution < -0.4 is 10.9 Å². The van der Waals surface area contributed by atoms with E-state index >= 15 is 0 Å². The Morgan fingerprint density at radius 1 is 1.23 bits per heavy atom. The standard InChI is InChI=1S/C19H27N5O2/c1-4-15-11-18(26)23(12-17(25)20-16-8-6-5-7-9-16)19(21-15)24-14(3)10-13(2)22-24/h10-11,16H,4-9,12H2,1-3H3,(H,20,25). The number of hydrogen-bond acceptors (Lipinski definition) is 4. The topological polar surface area (TPSA) is 81.8 Å². The molecule has 1 aliphatic carbocycles. The molecule has 2 aromatic heterocycles. The van der Waals surface area contributed by atoms with Crippen molar-refractivity contribution in [2.24, 2.45) is 0 Å². The van der Waals surface area contributed by atoms with Gasteiger partial charge in [-0.25, -0.2) is 9.67 Å². The van der Waals surface area contributed by atoms with E-state index in [-0.39, 0.29) is 24.1 Å². The molecule has 0 bridgehead atoms. The minimum atomic E-state index is -0.224. The van der Waals surface area contributed by atoms with E-state index in [1.54, 1.807) is 4.68 Å². The summed E-state index contributed by atoms with van der Waals surface area (Å²) in [5, 5.41) is 7.51. The van der Waals surface area contributed by atoms with Crippen molar-refractivity contribution < 1.29 is 4.79 Å². The van der Waals surface area contributed by atoms with Gasteiger partial charge in [0.1, 0.15) is 6.54 Å². The van der Waals surface area contributed by atoms with Crippen molar-refractivity contribution in [2.75, 3.05) is 0 Å². The Morgan fingerprint density at radius 2 is 1.96 bits per heavy atom. The summed E-state index contributed by atoms with van der Waals surface area (Å²) in [5.74, 6) is 0.256. The number of carbonyl (C=O) groups excluding carboxylic acids is 1. The Labute approximate surface area is 153 Å². The number of hydrogen-bond donors (Lipinski definition) is 1. The van der Waals surface area contributed by atoms with Crippen LogP contribution in [0.25, 0.3) is 5.95 Å². The van der Waals surface area contributed by atoms with Gasteiger partial charge in [-0.1, -0.05) is 26.2 Å². The molecular weight excluding hydrogens is 330 g/mol. The molecule has 2 aromatic rings. The number of aryl methyl sites for hydroxylation is 3. The highest BCUT2D eigenvalue weighted by molar-refractivity contribution is 5.76. The zero-order valence-corrected chi connectivity index (χ0v) is 15.8. The van der Waals surface area contributed by atoms with Gasteiger partial charge in [-0.05, 0) is 39.2 Å². The molecule has 0 radical (unpaired) electrons. The lowest BCUT2D eigenvalue weighted by molar-refractivity contribution is -0.122. The summed E-state index contributed by atoms with van der Waals surface area (Å²) in [6.45, 7) is 5.72. The fourth-order valence-electron chi connectivity index (χ4n) is 3.53. The van der Waals surface area contributed by atoms with Crippen LogP contribution in [0.15, 0.2) is 16.9 Å². The molecule has 1 aliphatic rings. The Kier molecular flexibility index (Phi) is 5.54. The monoisotopic (exact) mass is 357 g/mol. The van der Waals surface area contributed by atoms with Gasteiger partial charge in [0.25, 0.3) is 5.56 Å². The first-order valence-corrected chi connectivity index (χ1v) is 9.41. The van der Waals surface area contributed by atoms with Crippen molar-refractivity contribution in [3.63, 3.8) is 0 Å². The lowest BCUT2D eigenvalue weighted by Crippen LogP contribution is -2.40. The lowest BCUT2D eigenvalue weighted by Gasteiger charge is -2.23. The molecule has 0 aliphatic heterocycles. The van der Waals surface area contributed by atoms with Gasteiger partial charge >= 0.3 is 0 Å². The highest BCUT2D eigenvalue weighted by atomic mass is 16.2. The SMILES string of the molecule is CCc1cc(=O)n(CC(=O)NC2CCCCC2)c(-n2nc(C)cc2C)n1. The Bertz CT molecular complexity index is 846. The Balaban J connectivity index is 1.91. The van der Waals surface area contributed by atoms with Crippen LogP contribution in [0.5, 0.6) is 0 Å². The molecule has 2 heterocycles. The minimum Gasteiger partial charge on any atom is -0.352 e. The predicted octanol–water partition coefficient (Wildman–Crippen LogP) is 2.06. The summed E-state index contributed by atoms with van der Waals surface area (Å²) in [4.78, 5) is 29.8. The van der Waals surface area contributed by atoms with Crippen molar-refractivity contribution >= 4 is 5.91 Å². The maximum atomic E-state index is 12.6. The number of aromatic nitrogens is 4. The van der Waals surface area contributed by atoms with E-state index in [1.165, 1.54) is 17.1 Å². The van der Waals surface area contributed by atoms with Crippen LogP contribution in [-0.4, -0.2) is 31.3 Å². The number of carbonyl (C=O) groups is 1.